The quantitative estimate of drug-likeness (QED) is 0.745. The van der Waals surface area contributed by atoms with E-state index in [1.807, 2.05) is 0 Å². The van der Waals surface area contributed by atoms with Crippen LogP contribution in [0.1, 0.15) is 25.3 Å². The van der Waals surface area contributed by atoms with Crippen LogP contribution in [0.5, 0.6) is 0 Å². The maximum absolute atomic E-state index is 13.1. The highest BCUT2D eigenvalue weighted by Gasteiger charge is 2.42. The second-order valence-electron chi connectivity index (χ2n) is 5.96. The minimum Gasteiger partial charge on any atom is -0.479 e. The van der Waals surface area contributed by atoms with Crippen LogP contribution in [0.4, 0.5) is 4.39 Å². The summed E-state index contributed by atoms with van der Waals surface area (Å²) in [6, 6.07) is 5.67. The number of aliphatic hydroxyl groups is 1. The van der Waals surface area contributed by atoms with E-state index in [1.54, 1.807) is 12.1 Å². The van der Waals surface area contributed by atoms with E-state index in [4.69, 9.17) is 9.84 Å². The number of hydrogen-bond acceptors (Lipinski definition) is 4. The number of halogens is 1. The van der Waals surface area contributed by atoms with Gasteiger partial charge in [0.2, 0.25) is 5.91 Å². The van der Waals surface area contributed by atoms with Gasteiger partial charge in [-0.05, 0) is 37.5 Å². The maximum atomic E-state index is 13.1. The molecule has 1 fully saturated rings. The Labute approximate surface area is 133 Å². The molecule has 1 aliphatic heterocycles. The molecule has 6 nitrogen and oxygen atoms in total. The molecule has 0 radical (unpaired) electrons. The first-order valence-corrected chi connectivity index (χ1v) is 7.36. The monoisotopic (exact) mass is 325 g/mol. The summed E-state index contributed by atoms with van der Waals surface area (Å²) in [6.07, 6.45) is 0.805. The Morgan fingerprint density at radius 1 is 1.30 bits per heavy atom. The van der Waals surface area contributed by atoms with Crippen molar-refractivity contribution in [2.45, 2.75) is 30.8 Å². The normalized spacial score (nSPS) is 19.6. The number of carbonyl (C=O) groups excluding carboxylic acids is 1. The van der Waals surface area contributed by atoms with Gasteiger partial charge in [0.25, 0.3) is 0 Å². The van der Waals surface area contributed by atoms with Gasteiger partial charge in [0.15, 0.2) is 5.60 Å². The van der Waals surface area contributed by atoms with E-state index >= 15 is 0 Å². The number of ether oxygens (including phenoxy) is 1. The van der Waals surface area contributed by atoms with Crippen LogP contribution in [0, 0.1) is 5.82 Å². The Morgan fingerprint density at radius 3 is 2.39 bits per heavy atom. The fraction of sp³-hybridized carbons (Fsp3) is 0.500. The van der Waals surface area contributed by atoms with Crippen LogP contribution >= 0.6 is 0 Å². The van der Waals surface area contributed by atoms with E-state index in [1.165, 1.54) is 12.1 Å². The van der Waals surface area contributed by atoms with Gasteiger partial charge in [0, 0.05) is 13.2 Å². The van der Waals surface area contributed by atoms with Gasteiger partial charge in [0.05, 0.1) is 12.0 Å². The van der Waals surface area contributed by atoms with E-state index < -0.39 is 35.3 Å². The molecule has 126 valence electrons. The molecule has 1 aromatic rings. The number of benzene rings is 1. The molecule has 0 spiro atoms. The van der Waals surface area contributed by atoms with Gasteiger partial charge < -0.3 is 20.3 Å². The third-order valence-corrected chi connectivity index (χ3v) is 4.23. The van der Waals surface area contributed by atoms with Gasteiger partial charge in [-0.1, -0.05) is 12.1 Å². The van der Waals surface area contributed by atoms with Gasteiger partial charge in [-0.25, -0.2) is 9.18 Å². The minimum atomic E-state index is -2.05. The van der Waals surface area contributed by atoms with Crippen LogP contribution in [-0.2, 0) is 19.7 Å². The Bertz CT molecular complexity index is 579. The Balaban J connectivity index is 2.22. The lowest BCUT2D eigenvalue weighted by Gasteiger charge is -2.36. The van der Waals surface area contributed by atoms with Crippen LogP contribution in [0.3, 0.4) is 0 Å². The average molecular weight is 325 g/mol. The second kappa shape index (κ2) is 6.64. The number of carbonyl (C=O) groups is 2. The summed E-state index contributed by atoms with van der Waals surface area (Å²) < 4.78 is 18.5. The molecular formula is C16H20FNO5. The summed E-state index contributed by atoms with van der Waals surface area (Å²) in [5, 5.41) is 21.2. The third kappa shape index (κ3) is 3.68. The molecule has 2 rings (SSSR count). The highest BCUT2D eigenvalue weighted by molar-refractivity contribution is 5.89. The Kier molecular flexibility index (Phi) is 5.01. The predicted molar refractivity (Wildman–Crippen MR) is 79.4 cm³/mol. The number of aliphatic carboxylic acids is 1. The minimum absolute atomic E-state index is 0.375. The number of amides is 1. The van der Waals surface area contributed by atoms with E-state index in [-0.39, 0.29) is 0 Å². The number of nitrogens with one attached hydrogen (secondary N) is 1. The van der Waals surface area contributed by atoms with Crippen LogP contribution < -0.4 is 5.32 Å². The van der Waals surface area contributed by atoms with Crippen molar-refractivity contribution >= 4 is 11.9 Å². The SMILES string of the molecule is CC(O)(CNC(=O)C1(c2ccc(F)cc2)CCOCC1)C(=O)O. The number of carboxylic acid groups (broad SMARTS) is 1. The number of hydrogen-bond donors (Lipinski definition) is 3. The van der Waals surface area contributed by atoms with Crippen molar-refractivity contribution in [1.29, 1.82) is 0 Å². The molecule has 1 aliphatic rings. The zero-order valence-electron chi connectivity index (χ0n) is 12.8. The first-order valence-electron chi connectivity index (χ1n) is 7.36. The average Bonchev–Trinajstić information content (AvgIpc) is 2.53. The van der Waals surface area contributed by atoms with Crippen molar-refractivity contribution < 1.29 is 28.9 Å². The lowest BCUT2D eigenvalue weighted by Crippen LogP contribution is -2.53. The van der Waals surface area contributed by atoms with Crippen molar-refractivity contribution in [1.82, 2.24) is 5.32 Å². The lowest BCUT2D eigenvalue weighted by molar-refractivity contribution is -0.156. The van der Waals surface area contributed by atoms with Gasteiger partial charge in [-0.15, -0.1) is 0 Å². The molecule has 1 heterocycles. The third-order valence-electron chi connectivity index (χ3n) is 4.23. The van der Waals surface area contributed by atoms with Crippen LogP contribution in [0.15, 0.2) is 24.3 Å². The van der Waals surface area contributed by atoms with Crippen molar-refractivity contribution in [3.8, 4) is 0 Å². The molecule has 1 saturated heterocycles. The van der Waals surface area contributed by atoms with Crippen molar-refractivity contribution in [2.75, 3.05) is 19.8 Å². The predicted octanol–water partition coefficient (Wildman–Crippen LogP) is 0.826. The van der Waals surface area contributed by atoms with Gasteiger partial charge in [-0.2, -0.15) is 0 Å². The maximum Gasteiger partial charge on any atom is 0.337 e. The molecular weight excluding hydrogens is 305 g/mol. The smallest absolute Gasteiger partial charge is 0.337 e. The molecule has 23 heavy (non-hydrogen) atoms. The molecule has 1 atom stereocenters. The fourth-order valence-corrected chi connectivity index (χ4v) is 2.63. The summed E-state index contributed by atoms with van der Waals surface area (Å²) in [5.74, 6) is -2.21. The van der Waals surface area contributed by atoms with Crippen molar-refractivity contribution in [3.63, 3.8) is 0 Å². The van der Waals surface area contributed by atoms with Crippen LogP contribution in [-0.4, -0.2) is 47.4 Å². The van der Waals surface area contributed by atoms with Crippen LogP contribution in [0.25, 0.3) is 0 Å². The Morgan fingerprint density at radius 2 is 1.87 bits per heavy atom. The molecule has 0 saturated carbocycles. The first kappa shape index (κ1) is 17.4. The second-order valence-corrected chi connectivity index (χ2v) is 5.96. The summed E-state index contributed by atoms with van der Waals surface area (Å²) in [4.78, 5) is 23.6. The number of rotatable bonds is 5. The molecule has 0 aromatic heterocycles. The van der Waals surface area contributed by atoms with Crippen LogP contribution in [0.2, 0.25) is 0 Å². The topological polar surface area (TPSA) is 95.9 Å². The van der Waals surface area contributed by atoms with Gasteiger partial charge in [-0.3, -0.25) is 4.79 Å². The standard InChI is InChI=1S/C16H20FNO5/c1-15(22,14(20)21)10-18-13(19)16(6-8-23-9-7-16)11-2-4-12(17)5-3-11/h2-5,22H,6-10H2,1H3,(H,18,19)(H,20,21). The van der Waals surface area contributed by atoms with E-state index in [2.05, 4.69) is 5.32 Å². The number of carboxylic acids is 1. The van der Waals surface area contributed by atoms with Gasteiger partial charge in [0.1, 0.15) is 5.82 Å². The van der Waals surface area contributed by atoms with E-state index in [0.29, 0.717) is 31.6 Å². The fourth-order valence-electron chi connectivity index (χ4n) is 2.63. The molecule has 1 amide bonds. The highest BCUT2D eigenvalue weighted by Crippen LogP contribution is 2.35. The van der Waals surface area contributed by atoms with E-state index in [0.717, 1.165) is 6.92 Å². The largest absolute Gasteiger partial charge is 0.479 e. The zero-order valence-corrected chi connectivity index (χ0v) is 12.8. The first-order chi connectivity index (χ1) is 10.8. The van der Waals surface area contributed by atoms with Crippen molar-refractivity contribution in [3.05, 3.63) is 35.6 Å². The van der Waals surface area contributed by atoms with E-state index in [9.17, 15) is 19.1 Å². The molecule has 0 aliphatic carbocycles. The lowest BCUT2D eigenvalue weighted by atomic mass is 9.73. The Hall–Kier alpha value is -1.99. The molecule has 1 unspecified atom stereocenters. The molecule has 7 heteroatoms. The molecule has 3 N–H and O–H groups in total. The van der Waals surface area contributed by atoms with Crippen molar-refractivity contribution in [2.24, 2.45) is 0 Å². The summed E-state index contributed by atoms with van der Waals surface area (Å²) in [5.41, 5.74) is -2.32. The summed E-state index contributed by atoms with van der Waals surface area (Å²) in [7, 11) is 0. The highest BCUT2D eigenvalue weighted by atomic mass is 19.1. The van der Waals surface area contributed by atoms with Gasteiger partial charge >= 0.3 is 5.97 Å². The summed E-state index contributed by atoms with van der Waals surface area (Å²) in [6.45, 7) is 1.45. The summed E-state index contributed by atoms with van der Waals surface area (Å²) >= 11 is 0. The zero-order chi connectivity index (χ0) is 17.1. The molecule has 0 bridgehead atoms. The molecule has 1 aromatic carbocycles.